The smallest absolute Gasteiger partial charge is 1.00 e. The number of hydrogen-bond donors (Lipinski definition) is 0. The molecule has 2 saturated carbocycles. The molecule has 0 saturated heterocycles. The van der Waals surface area contributed by atoms with Crippen molar-refractivity contribution in [3.63, 3.8) is 0 Å². The maximum atomic E-state index is 2.47. The number of rotatable bonds is 0. The van der Waals surface area contributed by atoms with E-state index in [4.69, 9.17) is 0 Å². The molecule has 0 radical (unpaired) electrons. The molecule has 0 N–H and O–H groups in total. The van der Waals surface area contributed by atoms with Gasteiger partial charge in [-0.05, 0) is 24.7 Å². The minimum Gasteiger partial charge on any atom is -1.00 e. The summed E-state index contributed by atoms with van der Waals surface area (Å²) in [5.41, 5.74) is 3.47. The molecule has 34 heavy (non-hydrogen) atoms. The van der Waals surface area contributed by atoms with Crippen molar-refractivity contribution >= 4 is 28.8 Å². The van der Waals surface area contributed by atoms with Crippen LogP contribution in [-0.4, -0.2) is 5.49 Å². The molecule has 2 fully saturated rings. The number of hydrogen-bond acceptors (Lipinski definition) is 0. The van der Waals surface area contributed by atoms with Crippen molar-refractivity contribution < 1.29 is 47.8 Å². The van der Waals surface area contributed by atoms with E-state index in [-0.39, 0.29) is 30.3 Å². The third-order valence-corrected chi connectivity index (χ3v) is 6.91. The predicted molar refractivity (Wildman–Crippen MR) is 137 cm³/mol. The summed E-state index contributed by atoms with van der Waals surface area (Å²) in [6.45, 7) is 9.32. The Kier molecular flexibility index (Phi) is 11.8. The van der Waals surface area contributed by atoms with E-state index in [2.05, 4.69) is 100 Å². The summed E-state index contributed by atoms with van der Waals surface area (Å²) in [6.07, 6.45) is 14.9. The Hall–Kier alpha value is -0.673. The predicted octanol–water partition coefficient (Wildman–Crippen LogP) is -1.44. The van der Waals surface area contributed by atoms with Crippen LogP contribution in [0.1, 0.15) is 39.5 Å². The van der Waals surface area contributed by atoms with Crippen LogP contribution < -0.4 is 45.7 Å². The van der Waals surface area contributed by atoms with Gasteiger partial charge in [-0.15, -0.1) is 22.6 Å². The molecule has 4 aliphatic carbocycles. The van der Waals surface area contributed by atoms with Crippen LogP contribution in [0.3, 0.4) is 0 Å². The van der Waals surface area contributed by atoms with Gasteiger partial charge in [0.15, 0.2) is 0 Å². The van der Waals surface area contributed by atoms with Crippen molar-refractivity contribution in [2.24, 2.45) is 23.7 Å². The summed E-state index contributed by atoms with van der Waals surface area (Å²) in [7, 11) is 0. The Morgan fingerprint density at radius 2 is 1.06 bits per heavy atom. The fourth-order valence-corrected chi connectivity index (χ4v) is 5.65. The van der Waals surface area contributed by atoms with Crippen LogP contribution in [0.2, 0.25) is 13.1 Å². The number of halogens is 2. The van der Waals surface area contributed by atoms with Gasteiger partial charge in [0.1, 0.15) is 0 Å². The molecule has 2 aromatic rings. The molecule has 4 atom stereocenters. The summed E-state index contributed by atoms with van der Waals surface area (Å²) in [4.78, 5) is 0. The topological polar surface area (TPSA) is 0 Å². The molecule has 0 spiro atoms. The first-order valence-corrected chi connectivity index (χ1v) is 20.1. The van der Waals surface area contributed by atoms with Gasteiger partial charge in [-0.2, -0.15) is 10.4 Å². The summed E-state index contributed by atoms with van der Waals surface area (Å²) in [5.74, 6) is 3.16. The maximum Gasteiger partial charge on any atom is -1.00 e. The maximum absolute atomic E-state index is 2.47. The van der Waals surface area contributed by atoms with Crippen LogP contribution in [0.25, 0.3) is 23.3 Å². The van der Waals surface area contributed by atoms with Gasteiger partial charge in [-0.1, -0.05) is 87.1 Å². The van der Waals surface area contributed by atoms with E-state index in [0.717, 1.165) is 23.7 Å². The molecule has 0 aromatic heterocycles. The third kappa shape index (κ3) is 7.18. The molecule has 0 nitrogen and oxygen atoms in total. The average molecular weight is 674 g/mol. The first-order valence-electron chi connectivity index (χ1n) is 12.2. The van der Waals surface area contributed by atoms with Gasteiger partial charge in [0.25, 0.3) is 0 Å². The standard InChI is InChI=1S/2C14H15.C2H6Si.2ClH.Hf/c2*1-10-8-12-7-6-11-4-2-3-5-13(11)14(12)9-10;1-3-2;;;/h2*2-6,9-10,12H,7-8H2,1H3;1-2H3;2*1H;/q2*-1;;;;+2/p-2. The zero-order chi connectivity index (χ0) is 22.7. The summed E-state index contributed by atoms with van der Waals surface area (Å²) >= 11 is 1.45. The second-order valence-corrected chi connectivity index (χ2v) is 22.9. The quantitative estimate of drug-likeness (QED) is 0.238. The third-order valence-electron chi connectivity index (χ3n) is 6.91. The fraction of sp³-hybridized carbons (Fsp3) is 0.400. The molecular formula is C30H36Cl2HfSi-2. The van der Waals surface area contributed by atoms with Gasteiger partial charge < -0.3 is 24.8 Å². The normalized spacial score (nSPS) is 24.5. The van der Waals surface area contributed by atoms with E-state index in [1.165, 1.54) is 69.6 Å². The number of benzene rings is 2. The molecular weight excluding hydrogens is 638 g/mol. The second-order valence-electron chi connectivity index (χ2n) is 10.1. The Morgan fingerprint density at radius 1 is 0.706 bits per heavy atom. The minimum absolute atomic E-state index is 0. The first kappa shape index (κ1) is 29.6. The van der Waals surface area contributed by atoms with Gasteiger partial charge in [-0.25, -0.2) is 24.0 Å². The van der Waals surface area contributed by atoms with Crippen LogP contribution in [0.15, 0.2) is 48.5 Å². The molecule has 6 rings (SSSR count). The SMILES string of the molecule is CC1[CH-]C2=c3ccccc3=CCC2C1.CC1[CH-]C2=c3ccccc3=CCC2C1.C[Si](C)=[Hf+2].[Cl-].[Cl-]. The first-order chi connectivity index (χ1) is 15.4. The summed E-state index contributed by atoms with van der Waals surface area (Å²) < 4.78 is 0. The molecule has 0 amide bonds. The second kappa shape index (κ2) is 13.6. The van der Waals surface area contributed by atoms with Gasteiger partial charge in [0, 0.05) is 0 Å². The Balaban J connectivity index is 0.000000198. The average Bonchev–Trinajstić information content (AvgIpc) is 3.35. The minimum atomic E-state index is 0. The fourth-order valence-electron chi connectivity index (χ4n) is 5.65. The van der Waals surface area contributed by atoms with Gasteiger partial charge in [0.2, 0.25) is 0 Å². The van der Waals surface area contributed by atoms with E-state index in [9.17, 15) is 0 Å². The summed E-state index contributed by atoms with van der Waals surface area (Å²) in [5, 5.41) is 5.83. The van der Waals surface area contributed by atoms with E-state index in [1.54, 1.807) is 11.1 Å². The van der Waals surface area contributed by atoms with Crippen molar-refractivity contribution in [1.29, 1.82) is 0 Å². The molecule has 180 valence electrons. The van der Waals surface area contributed by atoms with E-state index < -0.39 is 0 Å². The molecule has 0 heterocycles. The Morgan fingerprint density at radius 3 is 1.44 bits per heavy atom. The molecule has 0 aliphatic heterocycles. The Labute approximate surface area is 233 Å². The Bertz CT molecular complexity index is 1140. The largest absolute Gasteiger partial charge is 1.00 e. The molecule has 4 unspecified atom stereocenters. The molecule has 4 aliphatic rings. The summed E-state index contributed by atoms with van der Waals surface area (Å²) in [6, 6.07) is 17.6. The van der Waals surface area contributed by atoms with Crippen molar-refractivity contribution in [2.75, 3.05) is 0 Å². The molecule has 4 heteroatoms. The monoisotopic (exact) mass is 674 g/mol. The van der Waals surface area contributed by atoms with Gasteiger partial charge in [0.05, 0.1) is 0 Å². The van der Waals surface area contributed by atoms with Crippen molar-refractivity contribution in [1.82, 2.24) is 0 Å². The zero-order valence-electron chi connectivity index (χ0n) is 20.8. The molecule has 2 aromatic carbocycles. The van der Waals surface area contributed by atoms with Crippen molar-refractivity contribution in [3.05, 3.63) is 82.2 Å². The van der Waals surface area contributed by atoms with Crippen LogP contribution in [0, 0.1) is 36.5 Å². The van der Waals surface area contributed by atoms with Crippen LogP contribution >= 0.6 is 0 Å². The van der Waals surface area contributed by atoms with Gasteiger partial charge >= 0.3 is 41.6 Å². The zero-order valence-corrected chi connectivity index (χ0v) is 26.9. The van der Waals surface area contributed by atoms with Crippen molar-refractivity contribution in [3.8, 4) is 0 Å². The van der Waals surface area contributed by atoms with Crippen LogP contribution in [0.4, 0.5) is 0 Å². The number of fused-ring (bicyclic) bond motifs is 4. The van der Waals surface area contributed by atoms with E-state index in [1.807, 2.05) is 0 Å². The molecule has 0 bridgehead atoms. The van der Waals surface area contributed by atoms with E-state index >= 15 is 0 Å². The van der Waals surface area contributed by atoms with Crippen LogP contribution in [0.5, 0.6) is 0 Å². The van der Waals surface area contributed by atoms with Crippen LogP contribution in [-0.2, 0) is 23.0 Å². The van der Waals surface area contributed by atoms with Gasteiger partial charge in [-0.3, -0.25) is 0 Å². The van der Waals surface area contributed by atoms with Crippen molar-refractivity contribution in [2.45, 2.75) is 52.6 Å². The van der Waals surface area contributed by atoms with E-state index in [0.29, 0.717) is 0 Å².